The fourth-order valence-electron chi connectivity index (χ4n) is 2.52. The molecule has 0 spiro atoms. The Kier molecular flexibility index (Phi) is 6.21. The molecule has 1 atom stereocenters. The van der Waals surface area contributed by atoms with Crippen LogP contribution in [0.4, 0.5) is 0 Å². The highest BCUT2D eigenvalue weighted by molar-refractivity contribution is 7.89. The van der Waals surface area contributed by atoms with Crippen molar-refractivity contribution in [1.29, 1.82) is 0 Å². The predicted molar refractivity (Wildman–Crippen MR) is 84.1 cm³/mol. The molecule has 0 heterocycles. The molecular weight excluding hydrogens is 270 g/mol. The summed E-state index contributed by atoms with van der Waals surface area (Å²) in [6, 6.07) is 8.77. The second-order valence-electron chi connectivity index (χ2n) is 5.96. The van der Waals surface area contributed by atoms with Crippen LogP contribution >= 0.6 is 0 Å². The van der Waals surface area contributed by atoms with Crippen molar-refractivity contribution in [2.75, 3.05) is 6.54 Å². The summed E-state index contributed by atoms with van der Waals surface area (Å²) in [6.07, 6.45) is 0.886. The first kappa shape index (κ1) is 17.2. The maximum atomic E-state index is 12.8. The smallest absolute Gasteiger partial charge is 0.207 e. The van der Waals surface area contributed by atoms with Crippen LogP contribution < -0.4 is 0 Å². The van der Waals surface area contributed by atoms with Crippen molar-refractivity contribution in [3.8, 4) is 0 Å². The lowest BCUT2D eigenvalue weighted by atomic mass is 9.94. The topological polar surface area (TPSA) is 37.4 Å². The van der Waals surface area contributed by atoms with Crippen molar-refractivity contribution in [2.45, 2.75) is 52.0 Å². The molecule has 0 saturated heterocycles. The van der Waals surface area contributed by atoms with E-state index in [0.717, 1.165) is 6.42 Å². The highest BCUT2D eigenvalue weighted by atomic mass is 32.2. The van der Waals surface area contributed by atoms with Gasteiger partial charge in [0.1, 0.15) is 0 Å². The molecule has 0 fully saturated rings. The number of sulfonamides is 1. The van der Waals surface area contributed by atoms with Crippen LogP contribution in [0, 0.1) is 11.8 Å². The van der Waals surface area contributed by atoms with Gasteiger partial charge >= 0.3 is 0 Å². The number of benzene rings is 1. The van der Waals surface area contributed by atoms with Crippen molar-refractivity contribution in [2.24, 2.45) is 11.8 Å². The van der Waals surface area contributed by atoms with Crippen LogP contribution in [0.25, 0.3) is 0 Å². The molecule has 0 aliphatic rings. The van der Waals surface area contributed by atoms with E-state index in [4.69, 9.17) is 0 Å². The maximum absolute atomic E-state index is 12.8. The summed E-state index contributed by atoms with van der Waals surface area (Å²) in [6.45, 7) is 10.9. The quantitative estimate of drug-likeness (QED) is 0.768. The van der Waals surface area contributed by atoms with Crippen LogP contribution in [0.2, 0.25) is 0 Å². The molecule has 0 saturated carbocycles. The molecule has 0 amide bonds. The molecule has 4 heteroatoms. The van der Waals surface area contributed by atoms with E-state index in [2.05, 4.69) is 27.7 Å². The van der Waals surface area contributed by atoms with E-state index in [1.54, 1.807) is 28.6 Å². The molecule has 114 valence electrons. The molecule has 0 N–H and O–H groups in total. The fraction of sp³-hybridized carbons (Fsp3) is 0.625. The minimum Gasteiger partial charge on any atom is -0.207 e. The van der Waals surface area contributed by atoms with E-state index in [-0.39, 0.29) is 6.04 Å². The lowest BCUT2D eigenvalue weighted by molar-refractivity contribution is 0.231. The Morgan fingerprint density at radius 2 is 1.60 bits per heavy atom. The summed E-state index contributed by atoms with van der Waals surface area (Å²) in [4.78, 5) is 0.385. The summed E-state index contributed by atoms with van der Waals surface area (Å²) in [5, 5.41) is 0. The Balaban J connectivity index is 3.16. The highest BCUT2D eigenvalue weighted by Gasteiger charge is 2.32. The molecular formula is C16H27NO2S. The zero-order valence-corrected chi connectivity index (χ0v) is 14.0. The molecule has 0 aliphatic heterocycles. The fourth-order valence-corrected chi connectivity index (χ4v) is 4.31. The number of hydrogen-bond donors (Lipinski definition) is 0. The largest absolute Gasteiger partial charge is 0.243 e. The molecule has 1 rings (SSSR count). The summed E-state index contributed by atoms with van der Waals surface area (Å²) in [7, 11) is -3.41. The van der Waals surface area contributed by atoms with Crippen LogP contribution in [-0.2, 0) is 10.0 Å². The SMILES string of the molecule is CCN(C(CC(C)C)C(C)C)S(=O)(=O)c1ccccc1. The minimum absolute atomic E-state index is 0.0465. The third-order valence-electron chi connectivity index (χ3n) is 3.51. The minimum atomic E-state index is -3.41. The summed E-state index contributed by atoms with van der Waals surface area (Å²) in [5.41, 5.74) is 0. The molecule has 1 aromatic rings. The average Bonchev–Trinajstić information content (AvgIpc) is 2.38. The van der Waals surface area contributed by atoms with Crippen molar-refractivity contribution in [1.82, 2.24) is 4.31 Å². The van der Waals surface area contributed by atoms with Gasteiger partial charge in [-0.25, -0.2) is 8.42 Å². The monoisotopic (exact) mass is 297 g/mol. The zero-order chi connectivity index (χ0) is 15.3. The van der Waals surface area contributed by atoms with Crippen LogP contribution in [-0.4, -0.2) is 25.3 Å². The van der Waals surface area contributed by atoms with Crippen LogP contribution in [0.15, 0.2) is 35.2 Å². The van der Waals surface area contributed by atoms with E-state index in [0.29, 0.717) is 23.3 Å². The van der Waals surface area contributed by atoms with E-state index in [1.165, 1.54) is 0 Å². The van der Waals surface area contributed by atoms with E-state index < -0.39 is 10.0 Å². The van der Waals surface area contributed by atoms with Crippen molar-refractivity contribution < 1.29 is 8.42 Å². The standard InChI is InChI=1S/C16H27NO2S/c1-6-17(16(14(4)5)12-13(2)3)20(18,19)15-10-8-7-9-11-15/h7-11,13-14,16H,6,12H2,1-5H3. The summed E-state index contributed by atoms with van der Waals surface area (Å²) in [5.74, 6) is 0.776. The number of rotatable bonds is 7. The van der Waals surface area contributed by atoms with Gasteiger partial charge in [-0.15, -0.1) is 0 Å². The average molecular weight is 297 g/mol. The van der Waals surface area contributed by atoms with Gasteiger partial charge < -0.3 is 0 Å². The molecule has 20 heavy (non-hydrogen) atoms. The van der Waals surface area contributed by atoms with Gasteiger partial charge in [0.05, 0.1) is 4.90 Å². The van der Waals surface area contributed by atoms with Crippen molar-refractivity contribution in [3.63, 3.8) is 0 Å². The van der Waals surface area contributed by atoms with Crippen LogP contribution in [0.3, 0.4) is 0 Å². The normalized spacial score (nSPS) is 14.2. The second-order valence-corrected chi connectivity index (χ2v) is 7.85. The number of hydrogen-bond acceptors (Lipinski definition) is 2. The predicted octanol–water partition coefficient (Wildman–Crippen LogP) is 3.77. The molecule has 0 aliphatic carbocycles. The molecule has 0 aromatic heterocycles. The Hall–Kier alpha value is -0.870. The molecule has 0 radical (unpaired) electrons. The Bertz CT molecular complexity index is 494. The maximum Gasteiger partial charge on any atom is 0.243 e. The Morgan fingerprint density at radius 1 is 1.05 bits per heavy atom. The first-order valence-corrected chi connectivity index (χ1v) is 8.81. The van der Waals surface area contributed by atoms with Gasteiger partial charge in [-0.2, -0.15) is 4.31 Å². The second kappa shape index (κ2) is 7.23. The van der Waals surface area contributed by atoms with Gasteiger partial charge in [-0.3, -0.25) is 0 Å². The third kappa shape index (κ3) is 4.06. The first-order valence-electron chi connectivity index (χ1n) is 7.37. The Labute approximate surface area is 124 Å². The highest BCUT2D eigenvalue weighted by Crippen LogP contribution is 2.25. The van der Waals surface area contributed by atoms with E-state index in [9.17, 15) is 8.42 Å². The Morgan fingerprint density at radius 3 is 2.00 bits per heavy atom. The van der Waals surface area contributed by atoms with Crippen molar-refractivity contribution >= 4 is 10.0 Å². The van der Waals surface area contributed by atoms with Gasteiger partial charge in [0.2, 0.25) is 10.0 Å². The molecule has 0 bridgehead atoms. The van der Waals surface area contributed by atoms with Gasteiger partial charge in [0.15, 0.2) is 0 Å². The number of nitrogens with zero attached hydrogens (tertiary/aromatic N) is 1. The first-order chi connectivity index (χ1) is 9.30. The van der Waals surface area contributed by atoms with Gasteiger partial charge in [-0.05, 0) is 30.4 Å². The van der Waals surface area contributed by atoms with Gasteiger partial charge in [-0.1, -0.05) is 52.8 Å². The molecule has 3 nitrogen and oxygen atoms in total. The third-order valence-corrected chi connectivity index (χ3v) is 5.53. The lowest BCUT2D eigenvalue weighted by Gasteiger charge is -2.34. The summed E-state index contributed by atoms with van der Waals surface area (Å²) < 4.78 is 27.3. The van der Waals surface area contributed by atoms with E-state index >= 15 is 0 Å². The summed E-state index contributed by atoms with van der Waals surface area (Å²) >= 11 is 0. The van der Waals surface area contributed by atoms with Gasteiger partial charge in [0.25, 0.3) is 0 Å². The lowest BCUT2D eigenvalue weighted by Crippen LogP contribution is -2.43. The molecule has 1 unspecified atom stereocenters. The zero-order valence-electron chi connectivity index (χ0n) is 13.2. The van der Waals surface area contributed by atoms with Crippen molar-refractivity contribution in [3.05, 3.63) is 30.3 Å². The van der Waals surface area contributed by atoms with Crippen LogP contribution in [0.1, 0.15) is 41.0 Å². The van der Waals surface area contributed by atoms with Crippen LogP contribution in [0.5, 0.6) is 0 Å². The van der Waals surface area contributed by atoms with E-state index in [1.807, 2.05) is 13.0 Å². The van der Waals surface area contributed by atoms with Gasteiger partial charge in [0, 0.05) is 12.6 Å². The molecule has 1 aromatic carbocycles.